The molecule has 0 fully saturated rings. The van der Waals surface area contributed by atoms with E-state index in [1.165, 1.54) is 0 Å². The fourth-order valence-electron chi connectivity index (χ4n) is 3.57. The lowest BCUT2D eigenvalue weighted by Gasteiger charge is -2.31. The van der Waals surface area contributed by atoms with E-state index in [-0.39, 0.29) is 25.0 Å². The minimum atomic E-state index is -0.686. The Bertz CT molecular complexity index is 1110. The van der Waals surface area contributed by atoms with Crippen LogP contribution in [0.1, 0.15) is 23.6 Å². The number of nitrogens with one attached hydrogen (secondary N) is 1. The predicted molar refractivity (Wildman–Crippen MR) is 139 cm³/mol. The van der Waals surface area contributed by atoms with Crippen LogP contribution < -0.4 is 10.1 Å². The first kappa shape index (κ1) is 25.8. The molecule has 5 nitrogen and oxygen atoms in total. The third-order valence-electron chi connectivity index (χ3n) is 5.38. The average Bonchev–Trinajstić information content (AvgIpc) is 2.84. The molecule has 3 aromatic carbocycles. The van der Waals surface area contributed by atoms with Gasteiger partial charge in [0.2, 0.25) is 5.91 Å². The largest absolute Gasteiger partial charge is 0.484 e. The number of ether oxygens (including phenoxy) is 1. The lowest BCUT2D eigenvalue weighted by Crippen LogP contribution is -2.51. The first-order valence-electron chi connectivity index (χ1n) is 11.1. The fraction of sp³-hybridized carbons (Fsp3) is 0.259. The van der Waals surface area contributed by atoms with Crippen molar-refractivity contribution in [2.24, 2.45) is 0 Å². The second-order valence-corrected chi connectivity index (χ2v) is 9.27. The smallest absolute Gasteiger partial charge is 0.261 e. The average molecular weight is 544 g/mol. The molecule has 34 heavy (non-hydrogen) atoms. The topological polar surface area (TPSA) is 58.6 Å². The van der Waals surface area contributed by atoms with E-state index < -0.39 is 6.04 Å². The maximum Gasteiger partial charge on any atom is 0.261 e. The van der Waals surface area contributed by atoms with E-state index in [2.05, 4.69) is 21.2 Å². The highest BCUT2D eigenvalue weighted by Gasteiger charge is 2.30. The zero-order chi connectivity index (χ0) is 24.5. The highest BCUT2D eigenvalue weighted by Crippen LogP contribution is 2.22. The van der Waals surface area contributed by atoms with Crippen molar-refractivity contribution >= 4 is 39.3 Å². The molecule has 3 aromatic rings. The number of amides is 2. The summed E-state index contributed by atoms with van der Waals surface area (Å²) in [5.74, 6) is 0.0818. The lowest BCUT2D eigenvalue weighted by molar-refractivity contribution is -0.142. The first-order valence-corrected chi connectivity index (χ1v) is 12.3. The van der Waals surface area contributed by atoms with Gasteiger partial charge in [-0.3, -0.25) is 9.59 Å². The van der Waals surface area contributed by atoms with Gasteiger partial charge in [-0.2, -0.15) is 0 Å². The van der Waals surface area contributed by atoms with Crippen LogP contribution in [0.4, 0.5) is 0 Å². The van der Waals surface area contributed by atoms with Crippen molar-refractivity contribution in [3.63, 3.8) is 0 Å². The summed E-state index contributed by atoms with van der Waals surface area (Å²) in [6.45, 7) is 4.31. The first-order chi connectivity index (χ1) is 16.4. The van der Waals surface area contributed by atoms with Crippen LogP contribution in [0.3, 0.4) is 0 Å². The SMILES string of the molecule is CCNC(=O)[C@H](Cc1ccccc1)N(Cc1ccc(Br)cc1)C(=O)COc1ccc(Cl)c(C)c1. The van der Waals surface area contributed by atoms with E-state index in [4.69, 9.17) is 16.3 Å². The molecule has 7 heteroatoms. The zero-order valence-electron chi connectivity index (χ0n) is 19.3. The normalized spacial score (nSPS) is 11.5. The molecular formula is C27H28BrClN2O3. The predicted octanol–water partition coefficient (Wildman–Crippen LogP) is 5.57. The molecule has 0 aliphatic carbocycles. The zero-order valence-corrected chi connectivity index (χ0v) is 21.6. The van der Waals surface area contributed by atoms with Crippen molar-refractivity contribution < 1.29 is 14.3 Å². The number of hydrogen-bond donors (Lipinski definition) is 1. The molecule has 3 rings (SSSR count). The third-order valence-corrected chi connectivity index (χ3v) is 6.33. The van der Waals surface area contributed by atoms with Gasteiger partial charge in [-0.05, 0) is 60.9 Å². The van der Waals surface area contributed by atoms with Crippen molar-refractivity contribution in [3.8, 4) is 5.75 Å². The molecule has 2 amide bonds. The molecule has 0 spiro atoms. The highest BCUT2D eigenvalue weighted by atomic mass is 79.9. The molecule has 0 radical (unpaired) electrons. The molecule has 178 valence electrons. The summed E-state index contributed by atoms with van der Waals surface area (Å²) in [4.78, 5) is 28.2. The maximum atomic E-state index is 13.5. The fourth-order valence-corrected chi connectivity index (χ4v) is 3.95. The van der Waals surface area contributed by atoms with Crippen molar-refractivity contribution in [2.45, 2.75) is 32.9 Å². The summed E-state index contributed by atoms with van der Waals surface area (Å²) in [5, 5.41) is 3.52. The van der Waals surface area contributed by atoms with E-state index >= 15 is 0 Å². The van der Waals surface area contributed by atoms with Crippen LogP contribution in [0.5, 0.6) is 5.75 Å². The Hall–Kier alpha value is -2.83. The van der Waals surface area contributed by atoms with E-state index in [9.17, 15) is 9.59 Å². The molecule has 0 aliphatic heterocycles. The Balaban J connectivity index is 1.88. The van der Waals surface area contributed by atoms with Crippen LogP contribution in [0.2, 0.25) is 5.02 Å². The number of rotatable bonds is 10. The summed E-state index contributed by atoms with van der Waals surface area (Å²) < 4.78 is 6.74. The minimum absolute atomic E-state index is 0.192. The Morgan fingerprint density at radius 3 is 2.38 bits per heavy atom. The third kappa shape index (κ3) is 7.34. The Kier molecular flexibility index (Phi) is 9.54. The van der Waals surface area contributed by atoms with Gasteiger partial charge in [0.1, 0.15) is 11.8 Å². The van der Waals surface area contributed by atoms with Crippen molar-refractivity contribution in [2.75, 3.05) is 13.2 Å². The van der Waals surface area contributed by atoms with Gasteiger partial charge in [0, 0.05) is 29.0 Å². The molecule has 0 heterocycles. The molecule has 0 unspecified atom stereocenters. The van der Waals surface area contributed by atoms with Gasteiger partial charge in [0.15, 0.2) is 6.61 Å². The second kappa shape index (κ2) is 12.6. The van der Waals surface area contributed by atoms with Crippen LogP contribution in [-0.2, 0) is 22.6 Å². The molecule has 0 bridgehead atoms. The Morgan fingerprint density at radius 1 is 1.03 bits per heavy atom. The van der Waals surface area contributed by atoms with Crippen molar-refractivity contribution in [1.82, 2.24) is 10.2 Å². The number of hydrogen-bond acceptors (Lipinski definition) is 3. The number of halogens is 2. The van der Waals surface area contributed by atoms with Crippen LogP contribution in [-0.4, -0.2) is 35.9 Å². The number of carbonyl (C=O) groups is 2. The molecule has 0 aromatic heterocycles. The summed E-state index contributed by atoms with van der Waals surface area (Å²) in [6.07, 6.45) is 0.398. The summed E-state index contributed by atoms with van der Waals surface area (Å²) in [7, 11) is 0. The maximum absolute atomic E-state index is 13.5. The number of aryl methyl sites for hydroxylation is 1. The summed E-state index contributed by atoms with van der Waals surface area (Å²) in [5.41, 5.74) is 2.76. The van der Waals surface area contributed by atoms with Gasteiger partial charge < -0.3 is 15.0 Å². The Labute approximate surface area is 214 Å². The van der Waals surface area contributed by atoms with Crippen LogP contribution in [0.25, 0.3) is 0 Å². The molecular weight excluding hydrogens is 516 g/mol. The van der Waals surface area contributed by atoms with Gasteiger partial charge in [0.05, 0.1) is 0 Å². The molecule has 1 N–H and O–H groups in total. The number of nitrogens with zero attached hydrogens (tertiary/aromatic N) is 1. The number of likely N-dealkylation sites (N-methyl/N-ethyl adjacent to an activating group) is 1. The number of carbonyl (C=O) groups excluding carboxylic acids is 2. The van der Waals surface area contributed by atoms with E-state index in [1.54, 1.807) is 23.1 Å². The van der Waals surface area contributed by atoms with Gasteiger partial charge >= 0.3 is 0 Å². The number of benzene rings is 3. The van der Waals surface area contributed by atoms with Crippen molar-refractivity contribution in [1.29, 1.82) is 0 Å². The molecule has 0 saturated carbocycles. The summed E-state index contributed by atoms with van der Waals surface area (Å²) in [6, 6.07) is 22.0. The minimum Gasteiger partial charge on any atom is -0.484 e. The van der Waals surface area contributed by atoms with Gasteiger partial charge in [-0.25, -0.2) is 0 Å². The van der Waals surface area contributed by atoms with Crippen molar-refractivity contribution in [3.05, 3.63) is 99.0 Å². The van der Waals surface area contributed by atoms with Crippen LogP contribution >= 0.6 is 27.5 Å². The van der Waals surface area contributed by atoms with E-state index in [0.717, 1.165) is 21.2 Å². The Morgan fingerprint density at radius 2 is 1.74 bits per heavy atom. The molecule has 0 saturated heterocycles. The van der Waals surface area contributed by atoms with E-state index in [0.29, 0.717) is 23.7 Å². The van der Waals surface area contributed by atoms with Gasteiger partial charge in [0.25, 0.3) is 5.91 Å². The van der Waals surface area contributed by atoms with E-state index in [1.807, 2.05) is 68.4 Å². The van der Waals surface area contributed by atoms with Gasteiger partial charge in [-0.1, -0.05) is 70.0 Å². The molecule has 1 atom stereocenters. The summed E-state index contributed by atoms with van der Waals surface area (Å²) >= 11 is 9.54. The monoisotopic (exact) mass is 542 g/mol. The van der Waals surface area contributed by atoms with Gasteiger partial charge in [-0.15, -0.1) is 0 Å². The quantitative estimate of drug-likeness (QED) is 0.364. The lowest BCUT2D eigenvalue weighted by atomic mass is 10.0. The highest BCUT2D eigenvalue weighted by molar-refractivity contribution is 9.10. The molecule has 0 aliphatic rings. The van der Waals surface area contributed by atoms with Crippen LogP contribution in [0, 0.1) is 6.92 Å². The second-order valence-electron chi connectivity index (χ2n) is 7.95. The van der Waals surface area contributed by atoms with Crippen LogP contribution in [0.15, 0.2) is 77.3 Å². The standard InChI is InChI=1S/C27H28BrClN2O3/c1-3-30-27(33)25(16-20-7-5-4-6-8-20)31(17-21-9-11-22(28)12-10-21)26(32)18-34-23-13-14-24(29)19(2)15-23/h4-15,25H,3,16-18H2,1-2H3,(H,30,33)/t25-/m0/s1.